The summed E-state index contributed by atoms with van der Waals surface area (Å²) < 4.78 is 36.4. The lowest BCUT2D eigenvalue weighted by atomic mass is 10.0. The second-order valence-electron chi connectivity index (χ2n) is 11.8. The molecular formula is C34H34Cl2F2N8O3. The smallest absolute Gasteiger partial charge is 0.221 e. The number of halogens is 4. The number of carbonyl (C=O) groups is 2. The second-order valence-corrected chi connectivity index (χ2v) is 12.5. The number of carbonyl (C=O) groups excluding carboxylic acids is 2. The summed E-state index contributed by atoms with van der Waals surface area (Å²) in [7, 11) is 1.41. The molecule has 2 atom stereocenters. The maximum absolute atomic E-state index is 15.5. The molecular weight excluding hydrogens is 677 g/mol. The molecule has 49 heavy (non-hydrogen) atoms. The van der Waals surface area contributed by atoms with Gasteiger partial charge in [0.05, 0.1) is 39.8 Å². The van der Waals surface area contributed by atoms with E-state index in [1.807, 2.05) is 0 Å². The van der Waals surface area contributed by atoms with Gasteiger partial charge < -0.3 is 31.3 Å². The Morgan fingerprint density at radius 3 is 2.27 bits per heavy atom. The zero-order valence-electron chi connectivity index (χ0n) is 26.5. The number of benzene rings is 1. The summed E-state index contributed by atoms with van der Waals surface area (Å²) in [6.07, 6.45) is 5.44. The van der Waals surface area contributed by atoms with Gasteiger partial charge in [-0.1, -0.05) is 35.3 Å². The van der Waals surface area contributed by atoms with Crippen LogP contribution in [0, 0.1) is 11.6 Å². The Morgan fingerprint density at radius 1 is 0.898 bits per heavy atom. The summed E-state index contributed by atoms with van der Waals surface area (Å²) in [5.41, 5.74) is 2.39. The molecule has 2 amide bonds. The maximum atomic E-state index is 15.5. The van der Waals surface area contributed by atoms with Gasteiger partial charge in [-0.2, -0.15) is 0 Å². The van der Waals surface area contributed by atoms with Crippen molar-refractivity contribution in [3.63, 3.8) is 0 Å². The van der Waals surface area contributed by atoms with Crippen molar-refractivity contribution < 1.29 is 23.1 Å². The molecule has 0 spiro atoms. The van der Waals surface area contributed by atoms with Crippen molar-refractivity contribution in [2.24, 2.45) is 0 Å². The van der Waals surface area contributed by atoms with E-state index < -0.39 is 11.6 Å². The molecule has 256 valence electrons. The Labute approximate surface area is 291 Å². The lowest BCUT2D eigenvalue weighted by Gasteiger charge is -2.16. The fourth-order valence-corrected chi connectivity index (χ4v) is 6.45. The molecule has 0 bridgehead atoms. The molecule has 0 saturated carbocycles. The first-order valence-corrected chi connectivity index (χ1v) is 16.5. The van der Waals surface area contributed by atoms with E-state index in [1.165, 1.54) is 25.6 Å². The SMILES string of the molecule is COc1nc(-c2ccnc(-c3cccc(Nc4nccc(CNC[C@@H]5CCC(=O)N5)c4F)c3Cl)c2Cl)cc(F)c1CNC[C@H]1CCC(=O)N1. The second kappa shape index (κ2) is 15.4. The van der Waals surface area contributed by atoms with Crippen molar-refractivity contribution in [2.75, 3.05) is 25.5 Å². The number of nitrogens with zero attached hydrogens (tertiary/aromatic N) is 3. The Hall–Kier alpha value is -4.43. The highest BCUT2D eigenvalue weighted by molar-refractivity contribution is 6.39. The van der Waals surface area contributed by atoms with Crippen molar-refractivity contribution in [1.29, 1.82) is 0 Å². The van der Waals surface area contributed by atoms with Crippen LogP contribution < -0.4 is 31.3 Å². The van der Waals surface area contributed by atoms with Crippen LogP contribution in [0.4, 0.5) is 20.3 Å². The first-order valence-electron chi connectivity index (χ1n) is 15.8. The third kappa shape index (κ3) is 7.91. The molecule has 2 aliphatic heterocycles. The van der Waals surface area contributed by atoms with Crippen molar-refractivity contribution >= 4 is 46.5 Å². The predicted octanol–water partition coefficient (Wildman–Crippen LogP) is 5.28. The van der Waals surface area contributed by atoms with E-state index in [4.69, 9.17) is 27.9 Å². The minimum absolute atomic E-state index is 0.00758. The normalized spacial score (nSPS) is 17.2. The van der Waals surface area contributed by atoms with Gasteiger partial charge in [-0.05, 0) is 31.0 Å². The molecule has 1 aromatic carbocycles. The van der Waals surface area contributed by atoms with Crippen molar-refractivity contribution in [3.05, 3.63) is 81.6 Å². The molecule has 5 heterocycles. The number of rotatable bonds is 13. The first kappa shape index (κ1) is 34.4. The first-order chi connectivity index (χ1) is 23.7. The molecule has 2 aliphatic rings. The Balaban J connectivity index is 1.19. The van der Waals surface area contributed by atoms with Crippen LogP contribution >= 0.6 is 23.2 Å². The number of hydrogen-bond acceptors (Lipinski definition) is 9. The molecule has 6 rings (SSSR count). The van der Waals surface area contributed by atoms with Crippen molar-refractivity contribution in [2.45, 2.75) is 50.9 Å². The van der Waals surface area contributed by atoms with Gasteiger partial charge in [-0.3, -0.25) is 14.6 Å². The highest BCUT2D eigenvalue weighted by atomic mass is 35.5. The summed E-state index contributed by atoms with van der Waals surface area (Å²) in [6.45, 7) is 1.40. The number of pyridine rings is 3. The number of ether oxygens (including phenoxy) is 1. The average Bonchev–Trinajstić information content (AvgIpc) is 3.71. The van der Waals surface area contributed by atoms with Gasteiger partial charge in [0.15, 0.2) is 11.6 Å². The van der Waals surface area contributed by atoms with Crippen LogP contribution in [0.1, 0.15) is 36.8 Å². The number of methoxy groups -OCH3 is 1. The molecule has 4 aromatic rings. The van der Waals surface area contributed by atoms with Gasteiger partial charge in [-0.15, -0.1) is 0 Å². The summed E-state index contributed by atoms with van der Waals surface area (Å²) in [5, 5.41) is 15.5. The van der Waals surface area contributed by atoms with Gasteiger partial charge in [-0.25, -0.2) is 18.7 Å². The van der Waals surface area contributed by atoms with E-state index >= 15 is 8.78 Å². The van der Waals surface area contributed by atoms with Crippen molar-refractivity contribution in [1.82, 2.24) is 36.2 Å². The largest absolute Gasteiger partial charge is 0.481 e. The molecule has 0 radical (unpaired) electrons. The number of anilines is 2. The summed E-state index contributed by atoms with van der Waals surface area (Å²) >= 11 is 13.7. The molecule has 15 heteroatoms. The fraction of sp³-hybridized carbons (Fsp3) is 0.324. The zero-order chi connectivity index (χ0) is 34.5. The quantitative estimate of drug-likeness (QED) is 0.125. The number of hydrogen-bond donors (Lipinski definition) is 5. The van der Waals surface area contributed by atoms with Gasteiger partial charge in [0.1, 0.15) is 5.82 Å². The summed E-state index contributed by atoms with van der Waals surface area (Å²) in [5.74, 6) is -0.985. The lowest BCUT2D eigenvalue weighted by molar-refractivity contribution is -0.120. The van der Waals surface area contributed by atoms with Gasteiger partial charge >= 0.3 is 0 Å². The molecule has 11 nitrogen and oxygen atoms in total. The van der Waals surface area contributed by atoms with Gasteiger partial charge in [0, 0.05) is 86.3 Å². The summed E-state index contributed by atoms with van der Waals surface area (Å²) in [4.78, 5) is 36.1. The topological polar surface area (TPSA) is 142 Å². The minimum Gasteiger partial charge on any atom is -0.481 e. The van der Waals surface area contributed by atoms with E-state index in [2.05, 4.69) is 41.5 Å². The van der Waals surface area contributed by atoms with Gasteiger partial charge in [0.25, 0.3) is 0 Å². The zero-order valence-corrected chi connectivity index (χ0v) is 28.0. The summed E-state index contributed by atoms with van der Waals surface area (Å²) in [6, 6.07) is 9.59. The predicted molar refractivity (Wildman–Crippen MR) is 183 cm³/mol. The fourth-order valence-electron chi connectivity index (χ4n) is 5.87. The maximum Gasteiger partial charge on any atom is 0.221 e. The molecule has 5 N–H and O–H groups in total. The van der Waals surface area contributed by atoms with E-state index in [0.717, 1.165) is 12.8 Å². The van der Waals surface area contributed by atoms with Crippen LogP contribution in [-0.2, 0) is 22.7 Å². The molecule has 0 aliphatic carbocycles. The van der Waals surface area contributed by atoms with E-state index in [-0.39, 0.29) is 70.0 Å². The highest BCUT2D eigenvalue weighted by Gasteiger charge is 2.23. The average molecular weight is 712 g/mol. The van der Waals surface area contributed by atoms with Gasteiger partial charge in [0.2, 0.25) is 17.7 Å². The van der Waals surface area contributed by atoms with Crippen LogP contribution in [0.15, 0.2) is 48.8 Å². The van der Waals surface area contributed by atoms with E-state index in [1.54, 1.807) is 30.3 Å². The van der Waals surface area contributed by atoms with Crippen LogP contribution in [0.2, 0.25) is 10.0 Å². The van der Waals surface area contributed by atoms with Crippen molar-refractivity contribution in [3.8, 4) is 28.4 Å². The Bertz CT molecular complexity index is 1880. The molecule has 2 saturated heterocycles. The van der Waals surface area contributed by atoms with E-state index in [9.17, 15) is 9.59 Å². The Kier molecular flexibility index (Phi) is 10.8. The van der Waals surface area contributed by atoms with Crippen LogP contribution in [0.3, 0.4) is 0 Å². The third-order valence-electron chi connectivity index (χ3n) is 8.44. The molecule has 3 aromatic heterocycles. The number of nitrogens with one attached hydrogen (secondary N) is 5. The van der Waals surface area contributed by atoms with Crippen LogP contribution in [0.25, 0.3) is 22.5 Å². The van der Waals surface area contributed by atoms with Crippen LogP contribution in [-0.4, -0.2) is 59.0 Å². The number of aromatic nitrogens is 3. The minimum atomic E-state index is -0.545. The molecule has 0 unspecified atom stereocenters. The van der Waals surface area contributed by atoms with E-state index in [0.29, 0.717) is 54.0 Å². The Morgan fingerprint density at radius 2 is 1.59 bits per heavy atom. The standard InChI is InChI=1S/C34H34Cl2F2N8O3/c1-49-34-23(17-40-16-20-6-8-28(48)44-20)24(37)13-26(46-34)21-10-12-41-32(30(21)36)22-3-2-4-25(29(22)35)45-33-31(38)18(9-11-42-33)14-39-15-19-5-7-27(47)43-19/h2-4,9-13,19-20,39-40H,5-8,14-17H2,1H3,(H,42,45)(H,43,47)(H,44,48)/t19-,20+/m0/s1. The number of amides is 2. The molecule has 2 fully saturated rings. The van der Waals surface area contributed by atoms with Crippen LogP contribution in [0.5, 0.6) is 5.88 Å². The lowest BCUT2D eigenvalue weighted by Crippen LogP contribution is -2.35. The monoisotopic (exact) mass is 710 g/mol. The third-order valence-corrected chi connectivity index (χ3v) is 9.22. The highest BCUT2D eigenvalue weighted by Crippen LogP contribution is 2.41.